The highest BCUT2D eigenvalue weighted by atomic mass is 19.1. The van der Waals surface area contributed by atoms with Gasteiger partial charge in [0.1, 0.15) is 5.82 Å². The fraction of sp³-hybridized carbons (Fsp3) is 0.333. The van der Waals surface area contributed by atoms with E-state index >= 15 is 0 Å². The summed E-state index contributed by atoms with van der Waals surface area (Å²) in [6, 6.07) is 9.97. The largest absolute Gasteiger partial charge is 0.337 e. The molecule has 1 aliphatic carbocycles. The Kier molecular flexibility index (Phi) is 4.55. The van der Waals surface area contributed by atoms with Crippen LogP contribution < -0.4 is 10.6 Å². The van der Waals surface area contributed by atoms with Gasteiger partial charge in [0.05, 0.1) is 11.9 Å². The highest BCUT2D eigenvalue weighted by Crippen LogP contribution is 2.40. The summed E-state index contributed by atoms with van der Waals surface area (Å²) in [6.07, 6.45) is 7.53. The zero-order valence-electron chi connectivity index (χ0n) is 12.9. The number of hydrogen-bond donors (Lipinski definition) is 2. The van der Waals surface area contributed by atoms with Crippen molar-refractivity contribution in [1.29, 1.82) is 0 Å². The molecule has 0 spiro atoms. The third-order valence-electron chi connectivity index (χ3n) is 4.52. The van der Waals surface area contributed by atoms with Crippen molar-refractivity contribution in [2.24, 2.45) is 0 Å². The molecular weight excluding hydrogens is 293 g/mol. The molecule has 2 N–H and O–H groups in total. The summed E-state index contributed by atoms with van der Waals surface area (Å²) in [6.45, 7) is 0.546. The maximum absolute atomic E-state index is 13.2. The van der Waals surface area contributed by atoms with Crippen molar-refractivity contribution in [3.05, 3.63) is 60.2 Å². The summed E-state index contributed by atoms with van der Waals surface area (Å²) >= 11 is 0. The van der Waals surface area contributed by atoms with Crippen LogP contribution in [0.1, 0.15) is 31.2 Å². The van der Waals surface area contributed by atoms with E-state index in [0.717, 1.165) is 31.2 Å². The van der Waals surface area contributed by atoms with Gasteiger partial charge < -0.3 is 10.6 Å². The number of carbonyl (C=O) groups is 1. The van der Waals surface area contributed by atoms with Crippen LogP contribution in [0.5, 0.6) is 0 Å². The first kappa shape index (κ1) is 15.5. The first-order valence-corrected chi connectivity index (χ1v) is 7.89. The quantitative estimate of drug-likeness (QED) is 0.900. The molecule has 0 saturated heterocycles. The van der Waals surface area contributed by atoms with E-state index in [1.807, 2.05) is 12.1 Å². The van der Waals surface area contributed by atoms with Gasteiger partial charge in [-0.25, -0.2) is 9.18 Å². The number of amides is 2. The molecule has 0 atom stereocenters. The number of halogens is 1. The lowest BCUT2D eigenvalue weighted by atomic mass is 9.79. The molecule has 4 nitrogen and oxygen atoms in total. The molecular formula is C18H20FN3O. The molecule has 1 saturated carbocycles. The minimum atomic E-state index is -0.244. The molecule has 3 rings (SSSR count). The van der Waals surface area contributed by atoms with Crippen molar-refractivity contribution >= 4 is 11.7 Å². The SMILES string of the molecule is O=C(NCC1(c2ccc(F)cc2)CCCC1)Nc1cccnc1. The molecule has 0 unspecified atom stereocenters. The van der Waals surface area contributed by atoms with Crippen molar-refractivity contribution in [2.75, 3.05) is 11.9 Å². The number of hydrogen-bond acceptors (Lipinski definition) is 2. The molecule has 0 bridgehead atoms. The summed E-state index contributed by atoms with van der Waals surface area (Å²) in [5, 5.41) is 5.73. The van der Waals surface area contributed by atoms with Crippen molar-refractivity contribution in [2.45, 2.75) is 31.1 Å². The smallest absolute Gasteiger partial charge is 0.319 e. The Balaban J connectivity index is 1.66. The molecule has 120 valence electrons. The Hall–Kier alpha value is -2.43. The van der Waals surface area contributed by atoms with Crippen LogP contribution in [0, 0.1) is 5.82 Å². The van der Waals surface area contributed by atoms with Gasteiger partial charge in [0.15, 0.2) is 0 Å². The molecule has 0 radical (unpaired) electrons. The number of urea groups is 1. The van der Waals surface area contributed by atoms with E-state index in [4.69, 9.17) is 0 Å². The van der Waals surface area contributed by atoms with Crippen LogP contribution in [0.4, 0.5) is 14.9 Å². The van der Waals surface area contributed by atoms with Crippen LogP contribution in [0.3, 0.4) is 0 Å². The van der Waals surface area contributed by atoms with Gasteiger partial charge in [-0.2, -0.15) is 0 Å². The second-order valence-corrected chi connectivity index (χ2v) is 6.04. The van der Waals surface area contributed by atoms with E-state index in [9.17, 15) is 9.18 Å². The molecule has 1 heterocycles. The average molecular weight is 313 g/mol. The number of nitrogens with one attached hydrogen (secondary N) is 2. The lowest BCUT2D eigenvalue weighted by Crippen LogP contribution is -2.40. The minimum absolute atomic E-state index is 0.0972. The second kappa shape index (κ2) is 6.77. The van der Waals surface area contributed by atoms with E-state index in [-0.39, 0.29) is 17.3 Å². The van der Waals surface area contributed by atoms with Crippen LogP contribution >= 0.6 is 0 Å². The number of carbonyl (C=O) groups excluding carboxylic acids is 1. The molecule has 1 aliphatic rings. The third-order valence-corrected chi connectivity index (χ3v) is 4.52. The number of pyridine rings is 1. The van der Waals surface area contributed by atoms with Gasteiger partial charge in [-0.3, -0.25) is 4.98 Å². The Morgan fingerprint density at radius 2 is 1.91 bits per heavy atom. The van der Waals surface area contributed by atoms with Gasteiger partial charge >= 0.3 is 6.03 Å². The van der Waals surface area contributed by atoms with Crippen LogP contribution in [0.25, 0.3) is 0 Å². The van der Waals surface area contributed by atoms with Crippen molar-refractivity contribution in [3.8, 4) is 0 Å². The first-order valence-electron chi connectivity index (χ1n) is 7.89. The Morgan fingerprint density at radius 3 is 2.57 bits per heavy atom. The predicted molar refractivity (Wildman–Crippen MR) is 87.8 cm³/mol. The summed E-state index contributed by atoms with van der Waals surface area (Å²) in [7, 11) is 0. The molecule has 1 aromatic carbocycles. The van der Waals surface area contributed by atoms with E-state index in [2.05, 4.69) is 15.6 Å². The standard InChI is InChI=1S/C18H20FN3O/c19-15-7-5-14(6-8-15)18(9-1-2-10-18)13-21-17(23)22-16-4-3-11-20-12-16/h3-8,11-12H,1-2,9-10,13H2,(H2,21,22,23). The number of anilines is 1. The van der Waals surface area contributed by atoms with Gasteiger partial charge in [-0.05, 0) is 42.7 Å². The average Bonchev–Trinajstić information content (AvgIpc) is 3.05. The zero-order chi connectivity index (χ0) is 16.1. The Morgan fingerprint density at radius 1 is 1.17 bits per heavy atom. The fourth-order valence-corrected chi connectivity index (χ4v) is 3.28. The lowest BCUT2D eigenvalue weighted by molar-refractivity contribution is 0.248. The van der Waals surface area contributed by atoms with E-state index in [1.165, 1.54) is 12.1 Å². The Labute approximate surface area is 135 Å². The van der Waals surface area contributed by atoms with Crippen molar-refractivity contribution in [3.63, 3.8) is 0 Å². The van der Waals surface area contributed by atoms with Crippen LogP contribution in [-0.2, 0) is 5.41 Å². The van der Waals surface area contributed by atoms with Crippen molar-refractivity contribution < 1.29 is 9.18 Å². The summed E-state index contributed by atoms with van der Waals surface area (Å²) in [5.41, 5.74) is 1.66. The van der Waals surface area contributed by atoms with Gasteiger partial charge in [-0.1, -0.05) is 25.0 Å². The highest BCUT2D eigenvalue weighted by Gasteiger charge is 2.35. The van der Waals surface area contributed by atoms with Crippen LogP contribution in [-0.4, -0.2) is 17.6 Å². The molecule has 5 heteroatoms. The molecule has 23 heavy (non-hydrogen) atoms. The maximum Gasteiger partial charge on any atom is 0.319 e. The van der Waals surface area contributed by atoms with Crippen molar-refractivity contribution in [1.82, 2.24) is 10.3 Å². The number of rotatable bonds is 4. The lowest BCUT2D eigenvalue weighted by Gasteiger charge is -2.30. The second-order valence-electron chi connectivity index (χ2n) is 6.04. The number of nitrogens with zero attached hydrogens (tertiary/aromatic N) is 1. The zero-order valence-corrected chi connectivity index (χ0v) is 12.9. The van der Waals surface area contributed by atoms with Gasteiger partial charge in [0.2, 0.25) is 0 Å². The van der Waals surface area contributed by atoms with Gasteiger partial charge in [-0.15, -0.1) is 0 Å². The molecule has 1 aromatic heterocycles. The topological polar surface area (TPSA) is 54.0 Å². The van der Waals surface area contributed by atoms with E-state index in [0.29, 0.717) is 12.2 Å². The molecule has 2 amide bonds. The van der Waals surface area contributed by atoms with Crippen LogP contribution in [0.15, 0.2) is 48.8 Å². The van der Waals surface area contributed by atoms with Gasteiger partial charge in [0.25, 0.3) is 0 Å². The predicted octanol–water partition coefficient (Wildman–Crippen LogP) is 3.85. The summed E-state index contributed by atoms with van der Waals surface area (Å²) < 4.78 is 13.2. The molecule has 2 aromatic rings. The summed E-state index contributed by atoms with van der Waals surface area (Å²) in [4.78, 5) is 16.1. The molecule has 0 aliphatic heterocycles. The third kappa shape index (κ3) is 3.67. The van der Waals surface area contributed by atoms with Crippen LogP contribution in [0.2, 0.25) is 0 Å². The maximum atomic E-state index is 13.2. The number of aromatic nitrogens is 1. The fourth-order valence-electron chi connectivity index (χ4n) is 3.28. The van der Waals surface area contributed by atoms with E-state index in [1.54, 1.807) is 24.5 Å². The highest BCUT2D eigenvalue weighted by molar-refractivity contribution is 5.89. The molecule has 1 fully saturated rings. The normalized spacial score (nSPS) is 16.0. The minimum Gasteiger partial charge on any atom is -0.337 e. The Bertz CT molecular complexity index is 652. The summed E-state index contributed by atoms with van der Waals surface area (Å²) in [5.74, 6) is -0.232. The monoisotopic (exact) mass is 313 g/mol. The number of benzene rings is 1. The van der Waals surface area contributed by atoms with E-state index < -0.39 is 0 Å². The first-order chi connectivity index (χ1) is 11.2. The van der Waals surface area contributed by atoms with Gasteiger partial charge in [0, 0.05) is 18.2 Å².